The fourth-order valence-corrected chi connectivity index (χ4v) is 2.74. The summed E-state index contributed by atoms with van der Waals surface area (Å²) >= 11 is 0. The van der Waals surface area contributed by atoms with Crippen molar-refractivity contribution in [3.63, 3.8) is 0 Å². The van der Waals surface area contributed by atoms with Gasteiger partial charge in [-0.2, -0.15) is 8.42 Å². The molecule has 0 saturated heterocycles. The van der Waals surface area contributed by atoms with Gasteiger partial charge in [0, 0.05) is 18.6 Å². The minimum Gasteiger partial charge on any atom is -0.495 e. The highest BCUT2D eigenvalue weighted by atomic mass is 32.2. The van der Waals surface area contributed by atoms with Crippen LogP contribution in [0.2, 0.25) is 0 Å². The zero-order valence-corrected chi connectivity index (χ0v) is 18.3. The Balaban J connectivity index is 0.000000311. The predicted molar refractivity (Wildman–Crippen MR) is 115 cm³/mol. The number of carbonyl (C=O) groups excluding carboxylic acids is 1. The Labute approximate surface area is 176 Å². The molecule has 2 aromatic rings. The molecule has 0 aliphatic carbocycles. The third kappa shape index (κ3) is 7.68. The average molecular weight is 442 g/mol. The molecule has 2 rings (SSSR count). The van der Waals surface area contributed by atoms with Gasteiger partial charge in [-0.15, -0.1) is 0 Å². The summed E-state index contributed by atoms with van der Waals surface area (Å²) in [6.45, 7) is 1.81. The fourth-order valence-electron chi connectivity index (χ4n) is 2.29. The summed E-state index contributed by atoms with van der Waals surface area (Å²) in [5, 5.41) is 7.62. The van der Waals surface area contributed by atoms with Crippen LogP contribution in [0.4, 0.5) is 11.4 Å². The summed E-state index contributed by atoms with van der Waals surface area (Å²) < 4.78 is 44.2. The Bertz CT molecular complexity index is 924. The zero-order valence-electron chi connectivity index (χ0n) is 17.5. The predicted octanol–water partition coefficient (Wildman–Crippen LogP) is 2.37. The van der Waals surface area contributed by atoms with Crippen LogP contribution in [0.1, 0.15) is 13.3 Å². The van der Waals surface area contributed by atoms with E-state index in [0.717, 1.165) is 5.69 Å². The van der Waals surface area contributed by atoms with Crippen molar-refractivity contribution in [1.82, 2.24) is 0 Å². The van der Waals surface area contributed by atoms with E-state index in [1.807, 2.05) is 31.2 Å². The monoisotopic (exact) mass is 441 g/mol. The Morgan fingerprint density at radius 1 is 0.933 bits per heavy atom. The summed E-state index contributed by atoms with van der Waals surface area (Å²) in [6.07, 6.45) is 0.470. The Hall–Kier alpha value is -3.18. The molecule has 0 unspecified atom stereocenters. The SMILES string of the molecule is CCC(=O)Nc1ccccc1OC.COc1cc(NS(N)(=O)=O)cc(OC)c1OC. The van der Waals surface area contributed by atoms with Crippen LogP contribution < -0.4 is 34.1 Å². The minimum absolute atomic E-state index is 0.00972. The summed E-state index contributed by atoms with van der Waals surface area (Å²) in [7, 11) is 2.04. The van der Waals surface area contributed by atoms with E-state index in [0.29, 0.717) is 29.4 Å². The van der Waals surface area contributed by atoms with Crippen molar-refractivity contribution in [2.75, 3.05) is 38.5 Å². The van der Waals surface area contributed by atoms with Crippen molar-refractivity contribution in [2.45, 2.75) is 13.3 Å². The molecular weight excluding hydrogens is 414 g/mol. The van der Waals surface area contributed by atoms with E-state index in [-0.39, 0.29) is 11.6 Å². The molecule has 1 amide bonds. The lowest BCUT2D eigenvalue weighted by Gasteiger charge is -2.14. The number of nitrogens with one attached hydrogen (secondary N) is 2. The topological polar surface area (TPSA) is 138 Å². The van der Waals surface area contributed by atoms with Crippen LogP contribution in [-0.2, 0) is 15.0 Å². The highest BCUT2D eigenvalue weighted by molar-refractivity contribution is 7.90. The number of carbonyl (C=O) groups is 1. The molecule has 30 heavy (non-hydrogen) atoms. The number of anilines is 2. The summed E-state index contributed by atoms with van der Waals surface area (Å²) in [6, 6.07) is 10.2. The van der Waals surface area contributed by atoms with Gasteiger partial charge in [0.1, 0.15) is 5.75 Å². The summed E-state index contributed by atoms with van der Waals surface area (Å²) in [4.78, 5) is 11.1. The number of ether oxygens (including phenoxy) is 4. The second kappa shape index (κ2) is 11.7. The molecule has 0 bridgehead atoms. The third-order valence-corrected chi connectivity index (χ3v) is 4.15. The first kappa shape index (κ1) is 24.9. The van der Waals surface area contributed by atoms with Gasteiger partial charge in [0.05, 0.1) is 39.8 Å². The number of benzene rings is 2. The largest absolute Gasteiger partial charge is 0.495 e. The average Bonchev–Trinajstić information content (AvgIpc) is 2.72. The normalized spacial score (nSPS) is 10.2. The third-order valence-electron chi connectivity index (χ3n) is 3.63. The van der Waals surface area contributed by atoms with Crippen LogP contribution in [-0.4, -0.2) is 42.8 Å². The molecular formula is C19H27N3O7S. The smallest absolute Gasteiger partial charge is 0.296 e. The number of para-hydroxylation sites is 2. The van der Waals surface area contributed by atoms with Crippen LogP contribution in [0.25, 0.3) is 0 Å². The number of hydrogen-bond acceptors (Lipinski definition) is 7. The number of nitrogens with two attached hydrogens (primary N) is 1. The molecule has 0 saturated carbocycles. The van der Waals surface area contributed by atoms with Crippen LogP contribution in [0.3, 0.4) is 0 Å². The lowest BCUT2D eigenvalue weighted by Crippen LogP contribution is -2.21. The molecule has 0 aliphatic rings. The molecule has 0 radical (unpaired) electrons. The van der Waals surface area contributed by atoms with Crippen molar-refractivity contribution in [3.8, 4) is 23.0 Å². The van der Waals surface area contributed by atoms with E-state index in [1.54, 1.807) is 7.11 Å². The van der Waals surface area contributed by atoms with Gasteiger partial charge in [-0.05, 0) is 12.1 Å². The first-order valence-corrected chi connectivity index (χ1v) is 10.3. The zero-order chi connectivity index (χ0) is 22.7. The van der Waals surface area contributed by atoms with Gasteiger partial charge >= 0.3 is 0 Å². The number of rotatable bonds is 8. The second-order valence-electron chi connectivity index (χ2n) is 5.66. The van der Waals surface area contributed by atoms with Gasteiger partial charge in [-0.1, -0.05) is 19.1 Å². The Morgan fingerprint density at radius 3 is 1.90 bits per heavy atom. The maximum atomic E-state index is 11.1. The van der Waals surface area contributed by atoms with Crippen molar-refractivity contribution >= 4 is 27.5 Å². The molecule has 0 fully saturated rings. The quantitative estimate of drug-likeness (QED) is 0.572. The van der Waals surface area contributed by atoms with Gasteiger partial charge in [0.25, 0.3) is 10.2 Å². The van der Waals surface area contributed by atoms with Gasteiger partial charge < -0.3 is 24.3 Å². The molecule has 2 aromatic carbocycles. The van der Waals surface area contributed by atoms with Crippen LogP contribution >= 0.6 is 0 Å². The second-order valence-corrected chi connectivity index (χ2v) is 6.96. The van der Waals surface area contributed by atoms with Crippen molar-refractivity contribution in [2.24, 2.45) is 5.14 Å². The molecule has 4 N–H and O–H groups in total. The number of methoxy groups -OCH3 is 4. The van der Waals surface area contributed by atoms with E-state index in [4.69, 9.17) is 24.1 Å². The molecule has 0 spiro atoms. The Kier molecular flexibility index (Phi) is 9.72. The molecule has 11 heteroatoms. The standard InChI is InChI=1S/C10H13NO2.C9H14N2O5S/c1-3-10(12)11-8-6-4-5-7-9(8)13-2;1-14-7-4-6(11-17(10,12)13)5-8(15-2)9(7)16-3/h4-7H,3H2,1-2H3,(H,11,12);4-5,11H,1-3H3,(H2,10,12,13). The maximum Gasteiger partial charge on any atom is 0.296 e. The maximum absolute atomic E-state index is 11.1. The lowest BCUT2D eigenvalue weighted by atomic mass is 10.2. The van der Waals surface area contributed by atoms with E-state index >= 15 is 0 Å². The van der Waals surface area contributed by atoms with E-state index in [1.165, 1.54) is 33.5 Å². The van der Waals surface area contributed by atoms with E-state index < -0.39 is 10.2 Å². The van der Waals surface area contributed by atoms with Gasteiger partial charge in [0.2, 0.25) is 11.7 Å². The number of hydrogen-bond donors (Lipinski definition) is 3. The van der Waals surface area contributed by atoms with E-state index in [9.17, 15) is 13.2 Å². The minimum atomic E-state index is -3.85. The fraction of sp³-hybridized carbons (Fsp3) is 0.316. The lowest BCUT2D eigenvalue weighted by molar-refractivity contribution is -0.115. The van der Waals surface area contributed by atoms with Crippen LogP contribution in [0.15, 0.2) is 36.4 Å². The van der Waals surface area contributed by atoms with Crippen molar-refractivity contribution in [1.29, 1.82) is 0 Å². The van der Waals surface area contributed by atoms with Crippen molar-refractivity contribution in [3.05, 3.63) is 36.4 Å². The van der Waals surface area contributed by atoms with E-state index in [2.05, 4.69) is 10.0 Å². The van der Waals surface area contributed by atoms with Crippen LogP contribution in [0, 0.1) is 0 Å². The molecule has 166 valence electrons. The first-order chi connectivity index (χ1) is 14.2. The Morgan fingerprint density at radius 2 is 1.47 bits per heavy atom. The molecule has 10 nitrogen and oxygen atoms in total. The van der Waals surface area contributed by atoms with Crippen molar-refractivity contribution < 1.29 is 32.2 Å². The highest BCUT2D eigenvalue weighted by Crippen LogP contribution is 2.40. The van der Waals surface area contributed by atoms with Gasteiger partial charge in [-0.25, -0.2) is 5.14 Å². The van der Waals surface area contributed by atoms with Gasteiger partial charge in [0.15, 0.2) is 11.5 Å². The van der Waals surface area contributed by atoms with Crippen LogP contribution in [0.5, 0.6) is 23.0 Å². The summed E-state index contributed by atoms with van der Waals surface area (Å²) in [5.41, 5.74) is 0.943. The summed E-state index contributed by atoms with van der Waals surface area (Å²) in [5.74, 6) is 1.71. The van der Waals surface area contributed by atoms with Gasteiger partial charge in [-0.3, -0.25) is 9.52 Å². The highest BCUT2D eigenvalue weighted by Gasteiger charge is 2.14. The molecule has 0 atom stereocenters. The number of amides is 1. The molecule has 0 heterocycles. The molecule has 0 aliphatic heterocycles. The first-order valence-electron chi connectivity index (χ1n) is 8.72. The molecule has 0 aromatic heterocycles.